The summed E-state index contributed by atoms with van der Waals surface area (Å²) in [5.74, 6) is -0.886. The third-order valence-corrected chi connectivity index (χ3v) is 5.48. The van der Waals surface area contributed by atoms with Crippen LogP contribution in [0, 0.1) is 0 Å². The maximum atomic E-state index is 11.8. The van der Waals surface area contributed by atoms with E-state index in [9.17, 15) is 18.3 Å². The molecule has 1 aliphatic rings. The van der Waals surface area contributed by atoms with Crippen molar-refractivity contribution in [2.75, 3.05) is 19.3 Å². The minimum Gasteiger partial charge on any atom is -0.478 e. The molecule has 1 saturated heterocycles. The average Bonchev–Trinajstić information content (AvgIpc) is 3.15. The van der Waals surface area contributed by atoms with Crippen LogP contribution in [0.3, 0.4) is 0 Å². The van der Waals surface area contributed by atoms with Gasteiger partial charge in [0.15, 0.2) is 9.84 Å². The van der Waals surface area contributed by atoms with Gasteiger partial charge in [0.25, 0.3) is 0 Å². The summed E-state index contributed by atoms with van der Waals surface area (Å²) in [4.78, 5) is 13.7. The molecule has 1 aromatic heterocycles. The predicted octanol–water partition coefficient (Wildman–Crippen LogP) is 1.50. The lowest BCUT2D eigenvalue weighted by atomic mass is 10.1. The minimum absolute atomic E-state index is 0.0502. The molecule has 0 radical (unpaired) electrons. The molecule has 2 aromatic rings. The predicted molar refractivity (Wildman–Crippen MR) is 87.7 cm³/mol. The first kappa shape index (κ1) is 16.7. The quantitative estimate of drug-likeness (QED) is 0.848. The van der Waals surface area contributed by atoms with Gasteiger partial charge in [-0.15, -0.1) is 0 Å². The van der Waals surface area contributed by atoms with Gasteiger partial charge in [0.05, 0.1) is 17.5 Å². The Hall–Kier alpha value is -2.19. The maximum Gasteiger partial charge on any atom is 0.336 e. The molecule has 1 fully saturated rings. The molecule has 2 heterocycles. The summed E-state index contributed by atoms with van der Waals surface area (Å²) in [5, 5.41) is 16.0. The highest BCUT2D eigenvalue weighted by molar-refractivity contribution is 7.90. The Labute approximate surface area is 140 Å². The summed E-state index contributed by atoms with van der Waals surface area (Å²) in [5.41, 5.74) is 1.71. The summed E-state index contributed by atoms with van der Waals surface area (Å²) in [7, 11) is -3.31. The summed E-state index contributed by atoms with van der Waals surface area (Å²) >= 11 is 0. The van der Waals surface area contributed by atoms with Crippen molar-refractivity contribution in [3.8, 4) is 0 Å². The van der Waals surface area contributed by atoms with E-state index in [1.54, 1.807) is 12.1 Å². The molecule has 24 heavy (non-hydrogen) atoms. The maximum absolute atomic E-state index is 11.8. The number of carboxylic acids is 1. The molecule has 0 bridgehead atoms. The van der Waals surface area contributed by atoms with Gasteiger partial charge in [-0.3, -0.25) is 10.00 Å². The van der Waals surface area contributed by atoms with E-state index in [0.717, 1.165) is 18.5 Å². The van der Waals surface area contributed by atoms with Crippen molar-refractivity contribution < 1.29 is 18.3 Å². The molecule has 0 saturated carbocycles. The number of nitrogens with zero attached hydrogens (tertiary/aromatic N) is 2. The summed E-state index contributed by atoms with van der Waals surface area (Å²) in [6.45, 7) is 1.97. The summed E-state index contributed by atoms with van der Waals surface area (Å²) < 4.78 is 23.6. The van der Waals surface area contributed by atoms with Gasteiger partial charge in [-0.05, 0) is 24.6 Å². The number of hydrogen-bond donors (Lipinski definition) is 2. The van der Waals surface area contributed by atoms with E-state index in [1.807, 2.05) is 12.1 Å². The zero-order valence-corrected chi connectivity index (χ0v) is 14.1. The number of H-pyrrole nitrogens is 1. The molecule has 8 heteroatoms. The minimum atomic E-state index is -3.31. The van der Waals surface area contributed by atoms with E-state index in [0.29, 0.717) is 24.3 Å². The normalized spacial score (nSPS) is 18.8. The van der Waals surface area contributed by atoms with Crippen molar-refractivity contribution in [3.05, 3.63) is 47.3 Å². The van der Waals surface area contributed by atoms with Crippen LogP contribution in [-0.2, 0) is 16.4 Å². The monoisotopic (exact) mass is 349 g/mol. The van der Waals surface area contributed by atoms with E-state index >= 15 is 0 Å². The first-order valence-electron chi connectivity index (χ1n) is 7.63. The Morgan fingerprint density at radius 2 is 2.17 bits per heavy atom. The highest BCUT2D eigenvalue weighted by Gasteiger charge is 2.30. The van der Waals surface area contributed by atoms with Gasteiger partial charge in [-0.2, -0.15) is 5.10 Å². The molecule has 128 valence electrons. The summed E-state index contributed by atoms with van der Waals surface area (Å²) in [6.07, 6.45) is 3.34. The Morgan fingerprint density at radius 3 is 2.88 bits per heavy atom. The van der Waals surface area contributed by atoms with Crippen molar-refractivity contribution in [2.45, 2.75) is 23.8 Å². The van der Waals surface area contributed by atoms with Crippen LogP contribution in [0.1, 0.15) is 34.0 Å². The zero-order valence-electron chi connectivity index (χ0n) is 13.3. The number of benzene rings is 1. The molecule has 1 unspecified atom stereocenters. The number of aromatic carboxylic acids is 1. The largest absolute Gasteiger partial charge is 0.478 e. The molecule has 7 nitrogen and oxygen atoms in total. The number of hydrogen-bond acceptors (Lipinski definition) is 5. The fraction of sp³-hybridized carbons (Fsp3) is 0.375. The van der Waals surface area contributed by atoms with E-state index in [-0.39, 0.29) is 10.8 Å². The molecular formula is C16H19N3O4S. The second-order valence-corrected chi connectivity index (χ2v) is 8.09. The average molecular weight is 349 g/mol. The molecule has 1 aromatic carbocycles. The topological polar surface area (TPSA) is 103 Å². The van der Waals surface area contributed by atoms with E-state index in [1.165, 1.54) is 12.5 Å². The van der Waals surface area contributed by atoms with Crippen LogP contribution in [0.15, 0.2) is 35.4 Å². The highest BCUT2D eigenvalue weighted by Crippen LogP contribution is 2.31. The lowest BCUT2D eigenvalue weighted by Crippen LogP contribution is -2.21. The first-order chi connectivity index (χ1) is 11.4. The van der Waals surface area contributed by atoms with Crippen molar-refractivity contribution in [2.24, 2.45) is 0 Å². The number of aromatic amines is 1. The number of sulfone groups is 1. The first-order valence-corrected chi connectivity index (χ1v) is 9.52. The third-order valence-electron chi connectivity index (χ3n) is 4.35. The number of carbonyl (C=O) groups is 1. The van der Waals surface area contributed by atoms with Gasteiger partial charge >= 0.3 is 5.97 Å². The molecule has 0 aliphatic carbocycles. The van der Waals surface area contributed by atoms with Crippen molar-refractivity contribution in [1.82, 2.24) is 15.1 Å². The molecular weight excluding hydrogens is 330 g/mol. The number of aromatic nitrogens is 2. The number of likely N-dealkylation sites (tertiary alicyclic amines) is 1. The number of carboxylic acid groups (broad SMARTS) is 1. The van der Waals surface area contributed by atoms with E-state index < -0.39 is 15.8 Å². The Balaban J connectivity index is 1.76. The second kappa shape index (κ2) is 6.37. The summed E-state index contributed by atoms with van der Waals surface area (Å²) in [6, 6.07) is 6.95. The molecule has 2 N–H and O–H groups in total. The van der Waals surface area contributed by atoms with Gasteiger partial charge in [-0.1, -0.05) is 18.2 Å². The Kier molecular flexibility index (Phi) is 4.42. The van der Waals surface area contributed by atoms with Crippen molar-refractivity contribution in [3.63, 3.8) is 0 Å². The highest BCUT2D eigenvalue weighted by atomic mass is 32.2. The molecule has 0 spiro atoms. The van der Waals surface area contributed by atoms with Crippen LogP contribution in [0.2, 0.25) is 0 Å². The van der Waals surface area contributed by atoms with Crippen LogP contribution in [0.25, 0.3) is 0 Å². The van der Waals surface area contributed by atoms with E-state index in [2.05, 4.69) is 15.1 Å². The van der Waals surface area contributed by atoms with Crippen LogP contribution >= 0.6 is 0 Å². The fourth-order valence-corrected chi connectivity index (χ4v) is 4.05. The fourth-order valence-electron chi connectivity index (χ4n) is 3.19. The molecule has 3 rings (SSSR count). The lowest BCUT2D eigenvalue weighted by Gasteiger charge is -2.17. The lowest BCUT2D eigenvalue weighted by molar-refractivity contribution is 0.0694. The van der Waals surface area contributed by atoms with Crippen LogP contribution in [0.4, 0.5) is 0 Å². The van der Waals surface area contributed by atoms with E-state index in [4.69, 9.17) is 0 Å². The Morgan fingerprint density at radius 1 is 1.42 bits per heavy atom. The Bertz CT molecular complexity index is 860. The SMILES string of the molecule is CS(=O)(=O)c1cn[nH]c1C1CCN(Cc2ccccc2C(=O)O)C1. The third kappa shape index (κ3) is 3.34. The second-order valence-electron chi connectivity index (χ2n) is 6.10. The van der Waals surface area contributed by atoms with Crippen LogP contribution in [-0.4, -0.2) is 53.9 Å². The van der Waals surface area contributed by atoms with Gasteiger partial charge in [0, 0.05) is 25.3 Å². The van der Waals surface area contributed by atoms with Gasteiger partial charge < -0.3 is 5.11 Å². The van der Waals surface area contributed by atoms with Gasteiger partial charge in [-0.25, -0.2) is 13.2 Å². The molecule has 0 amide bonds. The van der Waals surface area contributed by atoms with Crippen molar-refractivity contribution in [1.29, 1.82) is 0 Å². The van der Waals surface area contributed by atoms with Gasteiger partial charge in [0.1, 0.15) is 4.90 Å². The number of rotatable bonds is 5. The zero-order chi connectivity index (χ0) is 17.3. The van der Waals surface area contributed by atoms with Crippen molar-refractivity contribution >= 4 is 15.8 Å². The van der Waals surface area contributed by atoms with Gasteiger partial charge in [0.2, 0.25) is 0 Å². The standard InChI is InChI=1S/C16H19N3O4S/c1-24(22,23)14-8-17-18-15(14)12-6-7-19(10-12)9-11-4-2-3-5-13(11)16(20)21/h2-5,8,12H,6-7,9-10H2,1H3,(H,17,18)(H,20,21). The van der Waals surface area contributed by atoms with Crippen LogP contribution < -0.4 is 0 Å². The number of nitrogens with one attached hydrogen (secondary N) is 1. The molecule has 1 aliphatic heterocycles. The smallest absolute Gasteiger partial charge is 0.336 e. The molecule has 1 atom stereocenters. The van der Waals surface area contributed by atoms with Crippen LogP contribution in [0.5, 0.6) is 0 Å².